The first-order valence-electron chi connectivity index (χ1n) is 11.7. The van der Waals surface area contributed by atoms with Crippen LogP contribution in [0.2, 0.25) is 0 Å². The molecule has 0 N–H and O–H groups in total. The summed E-state index contributed by atoms with van der Waals surface area (Å²) in [5.41, 5.74) is 7.17. The number of rotatable bonds is 5. The molecule has 1 fully saturated rings. The van der Waals surface area contributed by atoms with Crippen molar-refractivity contribution in [2.24, 2.45) is 0 Å². The van der Waals surface area contributed by atoms with Gasteiger partial charge in [-0.25, -0.2) is 0 Å². The first kappa shape index (κ1) is 22.3. The average Bonchev–Trinajstić information content (AvgIpc) is 2.75. The number of piperidine rings is 1. The van der Waals surface area contributed by atoms with Crippen molar-refractivity contribution in [3.05, 3.63) is 57.0 Å². The molecule has 5 heteroatoms. The smallest absolute Gasteiger partial charge is 0.258 e. The number of aromatic nitrogens is 1. The van der Waals surface area contributed by atoms with E-state index in [1.54, 1.807) is 0 Å². The minimum atomic E-state index is 0.169. The summed E-state index contributed by atoms with van der Waals surface area (Å²) in [7, 11) is 6.38. The van der Waals surface area contributed by atoms with Gasteiger partial charge >= 0.3 is 0 Å². The lowest BCUT2D eigenvalue weighted by atomic mass is 9.93. The van der Waals surface area contributed by atoms with E-state index in [4.69, 9.17) is 0 Å². The van der Waals surface area contributed by atoms with Crippen LogP contribution in [0.1, 0.15) is 35.2 Å². The summed E-state index contributed by atoms with van der Waals surface area (Å²) in [4.78, 5) is 20.9. The molecule has 1 aromatic carbocycles. The third-order valence-electron chi connectivity index (χ3n) is 7.37. The van der Waals surface area contributed by atoms with Gasteiger partial charge in [-0.05, 0) is 89.2 Å². The van der Waals surface area contributed by atoms with E-state index in [9.17, 15) is 4.79 Å². The number of benzene rings is 1. The second-order valence-corrected chi connectivity index (χ2v) is 9.79. The average molecular weight is 423 g/mol. The van der Waals surface area contributed by atoms with Crippen LogP contribution >= 0.6 is 0 Å². The maximum Gasteiger partial charge on any atom is 0.258 e. The summed E-state index contributed by atoms with van der Waals surface area (Å²) < 4.78 is 2.08. The van der Waals surface area contributed by atoms with Crippen LogP contribution in [0.25, 0.3) is 11.1 Å². The Balaban J connectivity index is 1.74. The van der Waals surface area contributed by atoms with Crippen LogP contribution in [0.4, 0.5) is 0 Å². The minimum Gasteiger partial charge on any atom is -0.310 e. The predicted molar refractivity (Wildman–Crippen MR) is 129 cm³/mol. The second-order valence-electron chi connectivity index (χ2n) is 9.79. The fourth-order valence-electron chi connectivity index (χ4n) is 5.18. The Labute approximate surface area is 187 Å². The molecule has 0 bridgehead atoms. The molecule has 31 heavy (non-hydrogen) atoms. The van der Waals surface area contributed by atoms with Gasteiger partial charge in [0.25, 0.3) is 5.56 Å². The van der Waals surface area contributed by atoms with Gasteiger partial charge in [0, 0.05) is 49.9 Å². The van der Waals surface area contributed by atoms with Gasteiger partial charge < -0.3 is 14.4 Å². The highest BCUT2D eigenvalue weighted by Gasteiger charge is 2.29. The summed E-state index contributed by atoms with van der Waals surface area (Å²) in [5, 5.41) is 0. The summed E-state index contributed by atoms with van der Waals surface area (Å²) in [5.74, 6) is 0. The SMILES string of the molecule is Cc1cccc(-c2cc3c(n(CCN(C)C)c2=O)CCN(C2CCN(C)CC2)C3)c1C. The summed E-state index contributed by atoms with van der Waals surface area (Å²) >= 11 is 0. The number of aryl methyl sites for hydroxylation is 1. The Hall–Kier alpha value is -1.95. The van der Waals surface area contributed by atoms with Crippen LogP contribution in [-0.2, 0) is 19.5 Å². The van der Waals surface area contributed by atoms with E-state index >= 15 is 0 Å². The van der Waals surface area contributed by atoms with E-state index in [1.165, 1.54) is 48.3 Å². The lowest BCUT2D eigenvalue weighted by molar-refractivity contribution is 0.108. The predicted octanol–water partition coefficient (Wildman–Crippen LogP) is 3.15. The standard InChI is InChI=1S/C26H38N4O/c1-19-7-6-8-23(20(19)2)24-17-21-18-29(22-9-12-28(5)13-10-22)14-11-25(21)30(26(24)31)16-15-27(3)4/h6-8,17,22H,9-16,18H2,1-5H3. The highest BCUT2D eigenvalue weighted by atomic mass is 16.1. The molecule has 0 spiro atoms. The van der Waals surface area contributed by atoms with Crippen molar-refractivity contribution >= 4 is 0 Å². The zero-order valence-electron chi connectivity index (χ0n) is 19.9. The highest BCUT2D eigenvalue weighted by Crippen LogP contribution is 2.29. The summed E-state index contributed by atoms with van der Waals surface area (Å²) in [6.45, 7) is 10.3. The minimum absolute atomic E-state index is 0.169. The van der Waals surface area contributed by atoms with Crippen molar-refractivity contribution in [1.82, 2.24) is 19.3 Å². The van der Waals surface area contributed by atoms with Gasteiger partial charge in [0.15, 0.2) is 0 Å². The Morgan fingerprint density at radius 1 is 1.06 bits per heavy atom. The number of likely N-dealkylation sites (tertiary alicyclic amines) is 1. The normalized spacial score (nSPS) is 18.5. The third-order valence-corrected chi connectivity index (χ3v) is 7.37. The molecule has 0 atom stereocenters. The van der Waals surface area contributed by atoms with Crippen molar-refractivity contribution in [1.29, 1.82) is 0 Å². The molecule has 3 heterocycles. The van der Waals surface area contributed by atoms with Gasteiger partial charge in [-0.3, -0.25) is 9.69 Å². The number of hydrogen-bond acceptors (Lipinski definition) is 4. The van der Waals surface area contributed by atoms with Crippen molar-refractivity contribution in [2.75, 3.05) is 47.3 Å². The molecular formula is C26H38N4O. The van der Waals surface area contributed by atoms with E-state index in [0.29, 0.717) is 6.04 Å². The van der Waals surface area contributed by atoms with Crippen LogP contribution in [0.3, 0.4) is 0 Å². The lowest BCUT2D eigenvalue weighted by Crippen LogP contribution is -2.46. The third kappa shape index (κ3) is 4.64. The van der Waals surface area contributed by atoms with Gasteiger partial charge in [-0.1, -0.05) is 18.2 Å². The molecule has 4 rings (SSSR count). The number of pyridine rings is 1. The van der Waals surface area contributed by atoms with Crippen LogP contribution in [-0.4, -0.2) is 72.6 Å². The molecule has 0 aliphatic carbocycles. The van der Waals surface area contributed by atoms with Crippen molar-refractivity contribution in [2.45, 2.75) is 52.2 Å². The molecule has 0 radical (unpaired) electrons. The molecule has 5 nitrogen and oxygen atoms in total. The van der Waals surface area contributed by atoms with Gasteiger partial charge in [-0.2, -0.15) is 0 Å². The van der Waals surface area contributed by atoms with E-state index in [2.05, 4.69) is 78.5 Å². The number of hydrogen-bond donors (Lipinski definition) is 0. The number of fused-ring (bicyclic) bond motifs is 1. The van der Waals surface area contributed by atoms with E-state index in [1.807, 2.05) is 0 Å². The molecule has 2 aliphatic heterocycles. The molecule has 1 aromatic heterocycles. The summed E-state index contributed by atoms with van der Waals surface area (Å²) in [6.07, 6.45) is 3.46. The maximum atomic E-state index is 13.7. The molecule has 168 valence electrons. The molecule has 0 unspecified atom stereocenters. The topological polar surface area (TPSA) is 31.7 Å². The molecular weight excluding hydrogens is 384 g/mol. The lowest BCUT2D eigenvalue weighted by Gasteiger charge is -2.40. The number of likely N-dealkylation sites (N-methyl/N-ethyl adjacent to an activating group) is 1. The molecule has 1 saturated heterocycles. The van der Waals surface area contributed by atoms with E-state index in [0.717, 1.165) is 43.7 Å². The molecule has 0 amide bonds. The van der Waals surface area contributed by atoms with Gasteiger partial charge in [0.1, 0.15) is 0 Å². The highest BCUT2D eigenvalue weighted by molar-refractivity contribution is 5.68. The van der Waals surface area contributed by atoms with Crippen molar-refractivity contribution < 1.29 is 0 Å². The Bertz CT molecular complexity index is 986. The first-order valence-corrected chi connectivity index (χ1v) is 11.7. The Morgan fingerprint density at radius 2 is 1.81 bits per heavy atom. The van der Waals surface area contributed by atoms with Gasteiger partial charge in [-0.15, -0.1) is 0 Å². The van der Waals surface area contributed by atoms with Crippen LogP contribution in [0.15, 0.2) is 29.1 Å². The number of nitrogens with zero attached hydrogens (tertiary/aromatic N) is 4. The first-order chi connectivity index (χ1) is 14.8. The van der Waals surface area contributed by atoms with Crippen LogP contribution in [0, 0.1) is 13.8 Å². The fourth-order valence-corrected chi connectivity index (χ4v) is 5.18. The zero-order chi connectivity index (χ0) is 22.1. The summed E-state index contributed by atoms with van der Waals surface area (Å²) in [6, 6.07) is 9.19. The van der Waals surface area contributed by atoms with Crippen molar-refractivity contribution in [3.8, 4) is 11.1 Å². The van der Waals surface area contributed by atoms with Crippen molar-refractivity contribution in [3.63, 3.8) is 0 Å². The van der Waals surface area contributed by atoms with Gasteiger partial charge in [0.2, 0.25) is 0 Å². The maximum absolute atomic E-state index is 13.7. The van der Waals surface area contributed by atoms with E-state index < -0.39 is 0 Å². The quantitative estimate of drug-likeness (QED) is 0.741. The zero-order valence-corrected chi connectivity index (χ0v) is 19.9. The molecule has 2 aromatic rings. The Morgan fingerprint density at radius 3 is 2.52 bits per heavy atom. The molecule has 2 aliphatic rings. The second kappa shape index (κ2) is 9.27. The Kier molecular flexibility index (Phi) is 6.65. The molecule has 0 saturated carbocycles. The largest absolute Gasteiger partial charge is 0.310 e. The van der Waals surface area contributed by atoms with Crippen LogP contribution in [0.5, 0.6) is 0 Å². The fraction of sp³-hybridized carbons (Fsp3) is 0.577. The van der Waals surface area contributed by atoms with Crippen LogP contribution < -0.4 is 5.56 Å². The van der Waals surface area contributed by atoms with E-state index in [-0.39, 0.29) is 5.56 Å². The monoisotopic (exact) mass is 422 g/mol. The van der Waals surface area contributed by atoms with Gasteiger partial charge in [0.05, 0.1) is 0 Å².